The molecule has 0 aromatic heterocycles. The van der Waals surface area contributed by atoms with E-state index < -0.39 is 12.1 Å². The maximum absolute atomic E-state index is 13.4. The fraction of sp³-hybridized carbons (Fsp3) is 0.593. The number of benzene rings is 1. The summed E-state index contributed by atoms with van der Waals surface area (Å²) < 4.78 is 0. The number of urea groups is 1. The number of amides is 4. The number of nitrogens with zero attached hydrogens (tertiary/aromatic N) is 3. The molecular formula is C27H34N4O3. The van der Waals surface area contributed by atoms with Crippen LogP contribution in [0.25, 0.3) is 0 Å². The summed E-state index contributed by atoms with van der Waals surface area (Å²) in [5.74, 6) is 1.02. The van der Waals surface area contributed by atoms with E-state index in [2.05, 4.69) is 21.2 Å². The van der Waals surface area contributed by atoms with E-state index in [-0.39, 0.29) is 24.3 Å². The monoisotopic (exact) mass is 462 g/mol. The molecule has 1 aromatic rings. The first-order chi connectivity index (χ1) is 16.6. The minimum absolute atomic E-state index is 0.120. The Morgan fingerprint density at radius 3 is 2.76 bits per heavy atom. The van der Waals surface area contributed by atoms with Crippen LogP contribution in [0.2, 0.25) is 0 Å². The topological polar surface area (TPSA) is 73.0 Å². The van der Waals surface area contributed by atoms with Gasteiger partial charge in [-0.2, -0.15) is 0 Å². The fourth-order valence-electron chi connectivity index (χ4n) is 7.21. The first-order valence-electron chi connectivity index (χ1n) is 13.0. The van der Waals surface area contributed by atoms with Crippen LogP contribution in [0.3, 0.4) is 0 Å². The number of carbonyl (C=O) groups is 3. The van der Waals surface area contributed by atoms with Gasteiger partial charge in [-0.05, 0) is 69.0 Å². The number of carbonyl (C=O) groups excluding carboxylic acids is 3. The molecular weight excluding hydrogens is 428 g/mol. The lowest BCUT2D eigenvalue weighted by Crippen LogP contribution is -2.60. The largest absolute Gasteiger partial charge is 0.336 e. The Bertz CT molecular complexity index is 1010. The number of hydrogen-bond acceptors (Lipinski definition) is 4. The second kappa shape index (κ2) is 8.84. The molecule has 4 fully saturated rings. The number of piperidine rings is 3. The van der Waals surface area contributed by atoms with Crippen molar-refractivity contribution in [2.75, 3.05) is 24.5 Å². The van der Waals surface area contributed by atoms with Crippen molar-refractivity contribution in [3.63, 3.8) is 0 Å². The predicted octanol–water partition coefficient (Wildman–Crippen LogP) is 3.31. The number of para-hydroxylation sites is 1. The van der Waals surface area contributed by atoms with Gasteiger partial charge < -0.3 is 10.2 Å². The SMILES string of the molecule is O=C1N[C@@H](CCC(=O)N2CCCC3=C[C@H]4C[C@@H](CN5CCCC[C@@H]45)[C@@H]32)C(=O)N1c1ccccc1. The van der Waals surface area contributed by atoms with Crippen LogP contribution in [0.4, 0.5) is 10.5 Å². The summed E-state index contributed by atoms with van der Waals surface area (Å²) in [5, 5.41) is 2.78. The highest BCUT2D eigenvalue weighted by Gasteiger charge is 2.47. The van der Waals surface area contributed by atoms with Gasteiger partial charge in [0.2, 0.25) is 5.91 Å². The normalized spacial score (nSPS) is 33.2. The zero-order valence-corrected chi connectivity index (χ0v) is 19.7. The highest BCUT2D eigenvalue weighted by Crippen LogP contribution is 2.45. The Morgan fingerprint density at radius 1 is 1.06 bits per heavy atom. The van der Waals surface area contributed by atoms with E-state index >= 15 is 0 Å². The molecule has 0 spiro atoms. The summed E-state index contributed by atoms with van der Waals surface area (Å²) in [5.41, 5.74) is 2.04. The molecule has 1 aromatic carbocycles. The molecule has 5 atom stereocenters. The van der Waals surface area contributed by atoms with Crippen molar-refractivity contribution < 1.29 is 14.4 Å². The van der Waals surface area contributed by atoms with Crippen molar-refractivity contribution in [2.24, 2.45) is 11.8 Å². The minimum Gasteiger partial charge on any atom is -0.336 e. The predicted molar refractivity (Wildman–Crippen MR) is 129 cm³/mol. The van der Waals surface area contributed by atoms with Gasteiger partial charge in [-0.1, -0.05) is 36.3 Å². The second-order valence-electron chi connectivity index (χ2n) is 10.6. The maximum atomic E-state index is 13.4. The van der Waals surface area contributed by atoms with E-state index in [9.17, 15) is 14.4 Å². The van der Waals surface area contributed by atoms with Gasteiger partial charge in [0.15, 0.2) is 0 Å². The zero-order chi connectivity index (χ0) is 23.2. The number of likely N-dealkylation sites (tertiary alicyclic amines) is 1. The van der Waals surface area contributed by atoms with Crippen LogP contribution in [0.1, 0.15) is 51.4 Å². The van der Waals surface area contributed by atoms with Gasteiger partial charge in [0.05, 0.1) is 11.7 Å². The highest BCUT2D eigenvalue weighted by atomic mass is 16.2. The van der Waals surface area contributed by atoms with Crippen LogP contribution in [0.15, 0.2) is 42.0 Å². The van der Waals surface area contributed by atoms with Crippen molar-refractivity contribution in [3.05, 3.63) is 42.0 Å². The van der Waals surface area contributed by atoms with E-state index in [4.69, 9.17) is 0 Å². The summed E-state index contributed by atoms with van der Waals surface area (Å²) in [6.45, 7) is 3.10. The third kappa shape index (κ3) is 3.74. The van der Waals surface area contributed by atoms with Crippen molar-refractivity contribution in [1.82, 2.24) is 15.1 Å². The molecule has 1 N–H and O–H groups in total. The molecule has 7 heteroatoms. The standard InChI is InChI=1S/C27H34N4O3/c32-24(12-11-22-26(33)31(27(34)28-22)21-8-2-1-3-9-21)30-14-6-7-18-15-19-16-20(25(18)30)17-29-13-5-4-10-23(19)29/h1-3,8-9,15,19-20,22-23,25H,4-7,10-14,16-17H2,(H,28,34)/t19-,20-,22-,23-,25+/m0/s1. The van der Waals surface area contributed by atoms with Crippen molar-refractivity contribution in [3.8, 4) is 0 Å². The molecule has 0 saturated carbocycles. The van der Waals surface area contributed by atoms with Crippen LogP contribution < -0.4 is 10.2 Å². The smallest absolute Gasteiger partial charge is 0.329 e. The van der Waals surface area contributed by atoms with Gasteiger partial charge in [-0.25, -0.2) is 9.69 Å². The number of nitrogens with one attached hydrogen (secondary N) is 1. The van der Waals surface area contributed by atoms with Crippen molar-refractivity contribution in [1.29, 1.82) is 0 Å². The third-order valence-electron chi connectivity index (χ3n) is 8.66. The zero-order valence-electron chi connectivity index (χ0n) is 19.7. The van der Waals surface area contributed by atoms with Crippen molar-refractivity contribution >= 4 is 23.5 Å². The van der Waals surface area contributed by atoms with Gasteiger partial charge in [-0.15, -0.1) is 0 Å². The number of anilines is 1. The molecule has 4 aliphatic heterocycles. The first-order valence-corrected chi connectivity index (χ1v) is 13.0. The van der Waals surface area contributed by atoms with Crippen LogP contribution in [0.5, 0.6) is 0 Å². The molecule has 6 rings (SSSR count). The molecule has 4 heterocycles. The molecule has 7 nitrogen and oxygen atoms in total. The van der Waals surface area contributed by atoms with Gasteiger partial charge >= 0.3 is 6.03 Å². The van der Waals surface area contributed by atoms with Crippen LogP contribution in [-0.4, -0.2) is 65.4 Å². The summed E-state index contributed by atoms with van der Waals surface area (Å²) in [6, 6.07) is 8.83. The van der Waals surface area contributed by atoms with Crippen LogP contribution in [0, 0.1) is 11.8 Å². The molecule has 0 unspecified atom stereocenters. The lowest BCUT2D eigenvalue weighted by Gasteiger charge is -2.54. The number of hydrogen-bond donors (Lipinski definition) is 1. The van der Waals surface area contributed by atoms with E-state index in [1.165, 1.54) is 42.7 Å². The molecule has 4 saturated heterocycles. The molecule has 5 aliphatic rings. The molecule has 4 amide bonds. The Kier molecular flexibility index (Phi) is 5.68. The summed E-state index contributed by atoms with van der Waals surface area (Å²) in [7, 11) is 0. The summed E-state index contributed by atoms with van der Waals surface area (Å²) in [4.78, 5) is 44.8. The first kappa shape index (κ1) is 21.8. The van der Waals surface area contributed by atoms with Gasteiger partial charge in [0.25, 0.3) is 5.91 Å². The lowest BCUT2D eigenvalue weighted by atomic mass is 9.68. The maximum Gasteiger partial charge on any atom is 0.329 e. The Hall–Kier alpha value is -2.67. The van der Waals surface area contributed by atoms with E-state index in [1.54, 1.807) is 24.3 Å². The third-order valence-corrected chi connectivity index (χ3v) is 8.66. The fourth-order valence-corrected chi connectivity index (χ4v) is 7.21. The second-order valence-corrected chi connectivity index (χ2v) is 10.6. The van der Waals surface area contributed by atoms with E-state index in [1.807, 2.05) is 6.07 Å². The van der Waals surface area contributed by atoms with Crippen molar-refractivity contribution in [2.45, 2.75) is 69.5 Å². The average molecular weight is 463 g/mol. The van der Waals surface area contributed by atoms with E-state index in [0.29, 0.717) is 30.0 Å². The average Bonchev–Trinajstić information content (AvgIpc) is 3.15. The molecule has 1 aliphatic carbocycles. The van der Waals surface area contributed by atoms with E-state index in [0.717, 1.165) is 25.9 Å². The highest BCUT2D eigenvalue weighted by molar-refractivity contribution is 6.21. The number of fused-ring (bicyclic) bond motifs is 6. The molecule has 34 heavy (non-hydrogen) atoms. The lowest BCUT2D eigenvalue weighted by molar-refractivity contribution is -0.136. The van der Waals surface area contributed by atoms with Crippen LogP contribution in [-0.2, 0) is 9.59 Å². The molecule has 0 radical (unpaired) electrons. The van der Waals surface area contributed by atoms with Gasteiger partial charge in [-0.3, -0.25) is 14.5 Å². The summed E-state index contributed by atoms with van der Waals surface area (Å²) >= 11 is 0. The number of rotatable bonds is 4. The Labute approximate surface area is 201 Å². The van der Waals surface area contributed by atoms with Gasteiger partial charge in [0.1, 0.15) is 6.04 Å². The Balaban J connectivity index is 1.13. The molecule has 2 bridgehead atoms. The Morgan fingerprint density at radius 2 is 1.91 bits per heavy atom. The van der Waals surface area contributed by atoms with Crippen LogP contribution >= 0.6 is 0 Å². The quantitative estimate of drug-likeness (QED) is 0.550. The summed E-state index contributed by atoms with van der Waals surface area (Å²) in [6.07, 6.45) is 10.4. The minimum atomic E-state index is -0.643. The number of imide groups is 1. The van der Waals surface area contributed by atoms with Gasteiger partial charge in [0, 0.05) is 25.6 Å². The molecule has 180 valence electrons.